The smallest absolute Gasteiger partial charge is 0.132 e. The molecule has 0 spiro atoms. The van der Waals surface area contributed by atoms with Crippen LogP contribution in [0.1, 0.15) is 149 Å². The standard InChI is InChI=1S/C27H55NO/c1-4-7-10-11-12-13-14-15-16-17-18-19-20-22-27(29)23-21-26-28(24-8-5-2)25-9-6-3/h4-26H2,1-3H3. The molecule has 174 valence electrons. The number of Topliss-reactive ketones (excluding diaryl/α,β-unsaturated/α-hetero) is 1. The minimum absolute atomic E-state index is 0.499. The molecule has 0 atom stereocenters. The van der Waals surface area contributed by atoms with Gasteiger partial charge in [-0.15, -0.1) is 0 Å². The van der Waals surface area contributed by atoms with E-state index in [0.29, 0.717) is 5.78 Å². The van der Waals surface area contributed by atoms with Gasteiger partial charge in [-0.2, -0.15) is 0 Å². The molecule has 29 heavy (non-hydrogen) atoms. The lowest BCUT2D eigenvalue weighted by molar-refractivity contribution is -0.119. The summed E-state index contributed by atoms with van der Waals surface area (Å²) in [6, 6.07) is 0. The van der Waals surface area contributed by atoms with Crippen LogP contribution in [0.15, 0.2) is 0 Å². The lowest BCUT2D eigenvalue weighted by Gasteiger charge is -2.21. The molecule has 0 aromatic rings. The van der Waals surface area contributed by atoms with E-state index in [1.165, 1.54) is 116 Å². The summed E-state index contributed by atoms with van der Waals surface area (Å²) >= 11 is 0. The van der Waals surface area contributed by atoms with Crippen LogP contribution < -0.4 is 0 Å². The third-order valence-electron chi connectivity index (χ3n) is 6.14. The summed E-state index contributed by atoms with van der Waals surface area (Å²) in [5, 5.41) is 0. The first-order valence-electron chi connectivity index (χ1n) is 13.5. The number of ketones is 1. The minimum Gasteiger partial charge on any atom is -0.303 e. The SMILES string of the molecule is CCCCCCCCCCCCCCCC(=O)CCCN(CCCC)CCCC. The Morgan fingerprint density at radius 2 is 0.793 bits per heavy atom. The fourth-order valence-corrected chi connectivity index (χ4v) is 4.06. The lowest BCUT2D eigenvalue weighted by Crippen LogP contribution is -2.27. The maximum atomic E-state index is 12.1. The highest BCUT2D eigenvalue weighted by molar-refractivity contribution is 5.78. The van der Waals surface area contributed by atoms with E-state index in [1.807, 2.05) is 0 Å². The second-order valence-electron chi connectivity index (χ2n) is 9.18. The van der Waals surface area contributed by atoms with Crippen molar-refractivity contribution < 1.29 is 4.79 Å². The molecule has 0 aliphatic carbocycles. The van der Waals surface area contributed by atoms with E-state index < -0.39 is 0 Å². The predicted molar refractivity (Wildman–Crippen MR) is 131 cm³/mol. The molecule has 0 saturated carbocycles. The molecule has 2 heteroatoms. The second kappa shape index (κ2) is 23.9. The molecule has 0 radical (unpaired) electrons. The topological polar surface area (TPSA) is 20.3 Å². The molecule has 0 unspecified atom stereocenters. The van der Waals surface area contributed by atoms with Crippen LogP contribution in [0.5, 0.6) is 0 Å². The Labute approximate surface area is 184 Å². The summed E-state index contributed by atoms with van der Waals surface area (Å²) in [4.78, 5) is 14.7. The van der Waals surface area contributed by atoms with Gasteiger partial charge >= 0.3 is 0 Å². The predicted octanol–water partition coefficient (Wildman–Crippen LogP) is 8.72. The van der Waals surface area contributed by atoms with E-state index in [9.17, 15) is 4.79 Å². The lowest BCUT2D eigenvalue weighted by atomic mass is 10.0. The van der Waals surface area contributed by atoms with Crippen molar-refractivity contribution in [3.63, 3.8) is 0 Å². The molecule has 0 N–H and O–H groups in total. The Hall–Kier alpha value is -0.370. The number of nitrogens with zero attached hydrogens (tertiary/aromatic N) is 1. The van der Waals surface area contributed by atoms with Crippen molar-refractivity contribution in [1.82, 2.24) is 4.90 Å². The van der Waals surface area contributed by atoms with Crippen molar-refractivity contribution in [3.8, 4) is 0 Å². The maximum absolute atomic E-state index is 12.1. The van der Waals surface area contributed by atoms with Crippen molar-refractivity contribution in [2.45, 2.75) is 149 Å². The largest absolute Gasteiger partial charge is 0.303 e. The summed E-state index contributed by atoms with van der Waals surface area (Å²) in [6.45, 7) is 10.3. The molecular formula is C27H55NO. The summed E-state index contributed by atoms with van der Waals surface area (Å²) in [5.41, 5.74) is 0. The van der Waals surface area contributed by atoms with Crippen LogP contribution in [-0.4, -0.2) is 30.3 Å². The molecule has 0 rings (SSSR count). The van der Waals surface area contributed by atoms with E-state index in [2.05, 4.69) is 25.7 Å². The molecule has 0 aliphatic heterocycles. The van der Waals surface area contributed by atoms with Crippen LogP contribution in [0.3, 0.4) is 0 Å². The van der Waals surface area contributed by atoms with Gasteiger partial charge in [0.1, 0.15) is 5.78 Å². The third-order valence-corrected chi connectivity index (χ3v) is 6.14. The van der Waals surface area contributed by atoms with E-state index in [4.69, 9.17) is 0 Å². The fourth-order valence-electron chi connectivity index (χ4n) is 4.06. The minimum atomic E-state index is 0.499. The van der Waals surface area contributed by atoms with Crippen LogP contribution in [0, 0.1) is 0 Å². The van der Waals surface area contributed by atoms with Crippen LogP contribution in [0.4, 0.5) is 0 Å². The van der Waals surface area contributed by atoms with Gasteiger partial charge in [-0.05, 0) is 45.3 Å². The monoisotopic (exact) mass is 409 g/mol. The van der Waals surface area contributed by atoms with E-state index >= 15 is 0 Å². The molecule has 0 amide bonds. The first kappa shape index (κ1) is 28.6. The molecule has 0 aliphatic rings. The highest BCUT2D eigenvalue weighted by Crippen LogP contribution is 2.13. The van der Waals surface area contributed by atoms with E-state index in [1.54, 1.807) is 0 Å². The average Bonchev–Trinajstić information content (AvgIpc) is 2.73. The molecule has 0 aromatic carbocycles. The Kier molecular flexibility index (Phi) is 23.6. The Morgan fingerprint density at radius 3 is 1.24 bits per heavy atom. The summed E-state index contributed by atoms with van der Waals surface area (Å²) in [7, 11) is 0. The summed E-state index contributed by atoms with van der Waals surface area (Å²) < 4.78 is 0. The zero-order valence-electron chi connectivity index (χ0n) is 20.6. The van der Waals surface area contributed by atoms with Crippen LogP contribution in [-0.2, 0) is 4.79 Å². The number of carbonyl (C=O) groups excluding carboxylic acids is 1. The molecule has 0 heterocycles. The Morgan fingerprint density at radius 1 is 0.448 bits per heavy atom. The first-order chi connectivity index (χ1) is 14.2. The van der Waals surface area contributed by atoms with E-state index in [-0.39, 0.29) is 0 Å². The van der Waals surface area contributed by atoms with Gasteiger partial charge in [0.15, 0.2) is 0 Å². The molecule has 0 fully saturated rings. The Balaban J connectivity index is 3.42. The fraction of sp³-hybridized carbons (Fsp3) is 0.963. The molecule has 0 saturated heterocycles. The summed E-state index contributed by atoms with van der Waals surface area (Å²) in [5.74, 6) is 0.499. The van der Waals surface area contributed by atoms with Crippen LogP contribution in [0.2, 0.25) is 0 Å². The number of hydrogen-bond acceptors (Lipinski definition) is 2. The summed E-state index contributed by atoms with van der Waals surface area (Å²) in [6.07, 6.45) is 25.6. The number of hydrogen-bond donors (Lipinski definition) is 0. The zero-order chi connectivity index (χ0) is 21.4. The molecule has 0 aromatic heterocycles. The Bertz CT molecular complexity index is 320. The third kappa shape index (κ3) is 22.1. The first-order valence-corrected chi connectivity index (χ1v) is 13.5. The van der Waals surface area contributed by atoms with Crippen LogP contribution in [0.25, 0.3) is 0 Å². The van der Waals surface area contributed by atoms with Gasteiger partial charge in [-0.25, -0.2) is 0 Å². The molecule has 0 bridgehead atoms. The van der Waals surface area contributed by atoms with Crippen molar-refractivity contribution in [2.75, 3.05) is 19.6 Å². The highest BCUT2D eigenvalue weighted by atomic mass is 16.1. The van der Waals surface area contributed by atoms with Gasteiger partial charge in [0.25, 0.3) is 0 Å². The van der Waals surface area contributed by atoms with Gasteiger partial charge in [0, 0.05) is 12.8 Å². The number of unbranched alkanes of at least 4 members (excludes halogenated alkanes) is 14. The maximum Gasteiger partial charge on any atom is 0.132 e. The van der Waals surface area contributed by atoms with E-state index in [0.717, 1.165) is 32.2 Å². The van der Waals surface area contributed by atoms with Crippen molar-refractivity contribution in [1.29, 1.82) is 0 Å². The highest BCUT2D eigenvalue weighted by Gasteiger charge is 2.06. The van der Waals surface area contributed by atoms with Crippen molar-refractivity contribution in [2.24, 2.45) is 0 Å². The number of carbonyl (C=O) groups is 1. The van der Waals surface area contributed by atoms with Gasteiger partial charge in [0.2, 0.25) is 0 Å². The quantitative estimate of drug-likeness (QED) is 0.148. The van der Waals surface area contributed by atoms with Gasteiger partial charge < -0.3 is 4.90 Å². The van der Waals surface area contributed by atoms with Crippen molar-refractivity contribution in [3.05, 3.63) is 0 Å². The van der Waals surface area contributed by atoms with Gasteiger partial charge in [0.05, 0.1) is 0 Å². The van der Waals surface area contributed by atoms with Crippen LogP contribution >= 0.6 is 0 Å². The second-order valence-corrected chi connectivity index (χ2v) is 9.18. The molecule has 2 nitrogen and oxygen atoms in total. The number of rotatable bonds is 24. The van der Waals surface area contributed by atoms with Crippen molar-refractivity contribution >= 4 is 5.78 Å². The van der Waals surface area contributed by atoms with Gasteiger partial charge in [-0.3, -0.25) is 4.79 Å². The normalized spacial score (nSPS) is 11.4. The van der Waals surface area contributed by atoms with Gasteiger partial charge in [-0.1, -0.05) is 111 Å². The zero-order valence-corrected chi connectivity index (χ0v) is 20.6. The molecular weight excluding hydrogens is 354 g/mol. The average molecular weight is 410 g/mol.